The zero-order valence-corrected chi connectivity index (χ0v) is 12.7. The van der Waals surface area contributed by atoms with Crippen molar-refractivity contribution in [3.63, 3.8) is 0 Å². The molecule has 2 unspecified atom stereocenters. The van der Waals surface area contributed by atoms with E-state index in [2.05, 4.69) is 24.4 Å². The second kappa shape index (κ2) is 8.59. The second-order valence-corrected chi connectivity index (χ2v) is 5.15. The number of carbonyl (C=O) groups excluding carboxylic acids is 1. The molecule has 2 atom stereocenters. The van der Waals surface area contributed by atoms with Gasteiger partial charge >= 0.3 is 0 Å². The zero-order valence-electron chi connectivity index (χ0n) is 12.7. The van der Waals surface area contributed by atoms with Gasteiger partial charge < -0.3 is 15.8 Å². The largest absolute Gasteiger partial charge is 0.497 e. The van der Waals surface area contributed by atoms with Gasteiger partial charge in [0.15, 0.2) is 0 Å². The molecule has 3 N–H and O–H groups in total. The maximum atomic E-state index is 11.7. The molecule has 4 nitrogen and oxygen atoms in total. The number of methoxy groups -OCH3 is 1. The fraction of sp³-hybridized carbons (Fsp3) is 0.562. The van der Waals surface area contributed by atoms with E-state index in [0.717, 1.165) is 25.0 Å². The Kier molecular flexibility index (Phi) is 7.09. The topological polar surface area (TPSA) is 64.4 Å². The first kappa shape index (κ1) is 16.5. The van der Waals surface area contributed by atoms with Crippen molar-refractivity contribution >= 4 is 5.91 Å². The smallest absolute Gasteiger partial charge is 0.236 e. The van der Waals surface area contributed by atoms with Crippen molar-refractivity contribution in [3.05, 3.63) is 29.8 Å². The maximum absolute atomic E-state index is 11.7. The molecule has 0 aliphatic rings. The quantitative estimate of drug-likeness (QED) is 0.767. The minimum Gasteiger partial charge on any atom is -0.497 e. The molecule has 0 spiro atoms. The van der Waals surface area contributed by atoms with Gasteiger partial charge in [-0.3, -0.25) is 4.79 Å². The van der Waals surface area contributed by atoms with Crippen LogP contribution in [-0.4, -0.2) is 25.6 Å². The summed E-state index contributed by atoms with van der Waals surface area (Å²) in [7, 11) is 1.66. The van der Waals surface area contributed by atoms with Gasteiger partial charge in [-0.25, -0.2) is 0 Å². The summed E-state index contributed by atoms with van der Waals surface area (Å²) < 4.78 is 5.14. The number of benzene rings is 1. The Morgan fingerprint density at radius 1 is 1.30 bits per heavy atom. The third kappa shape index (κ3) is 5.21. The van der Waals surface area contributed by atoms with Gasteiger partial charge in [0.25, 0.3) is 0 Å². The van der Waals surface area contributed by atoms with E-state index in [-0.39, 0.29) is 11.9 Å². The lowest BCUT2D eigenvalue weighted by Crippen LogP contribution is -2.40. The highest BCUT2D eigenvalue weighted by Crippen LogP contribution is 2.21. The number of hydrogen-bond donors (Lipinski definition) is 2. The summed E-state index contributed by atoms with van der Waals surface area (Å²) in [5.74, 6) is 1.21. The molecule has 0 aliphatic carbocycles. The Balaban J connectivity index is 2.35. The third-order valence-corrected chi connectivity index (χ3v) is 3.50. The molecule has 1 amide bonds. The van der Waals surface area contributed by atoms with E-state index in [1.807, 2.05) is 19.1 Å². The van der Waals surface area contributed by atoms with Gasteiger partial charge in [-0.1, -0.05) is 32.4 Å². The molecule has 112 valence electrons. The molecule has 1 rings (SSSR count). The summed E-state index contributed by atoms with van der Waals surface area (Å²) in [5.41, 5.74) is 7.01. The number of hydrogen-bond acceptors (Lipinski definition) is 3. The van der Waals surface area contributed by atoms with Crippen molar-refractivity contribution in [2.75, 3.05) is 13.7 Å². The van der Waals surface area contributed by atoms with E-state index in [4.69, 9.17) is 10.5 Å². The van der Waals surface area contributed by atoms with Gasteiger partial charge in [-0.05, 0) is 36.5 Å². The van der Waals surface area contributed by atoms with Crippen LogP contribution in [0.2, 0.25) is 0 Å². The summed E-state index contributed by atoms with van der Waals surface area (Å²) in [4.78, 5) is 11.7. The van der Waals surface area contributed by atoms with Crippen molar-refractivity contribution in [2.45, 2.75) is 45.1 Å². The maximum Gasteiger partial charge on any atom is 0.236 e. The highest BCUT2D eigenvalue weighted by Gasteiger charge is 2.12. The summed E-state index contributed by atoms with van der Waals surface area (Å²) >= 11 is 0. The van der Waals surface area contributed by atoms with Gasteiger partial charge in [0.05, 0.1) is 13.2 Å². The average molecular weight is 278 g/mol. The van der Waals surface area contributed by atoms with Gasteiger partial charge in [0.1, 0.15) is 5.75 Å². The molecule has 0 aromatic heterocycles. The highest BCUT2D eigenvalue weighted by atomic mass is 16.5. The third-order valence-electron chi connectivity index (χ3n) is 3.50. The molecule has 0 heterocycles. The molecule has 0 radical (unpaired) electrons. The van der Waals surface area contributed by atoms with E-state index in [0.29, 0.717) is 12.5 Å². The predicted molar refractivity (Wildman–Crippen MR) is 81.9 cm³/mol. The van der Waals surface area contributed by atoms with Crippen LogP contribution in [0.25, 0.3) is 0 Å². The van der Waals surface area contributed by atoms with Crippen LogP contribution in [-0.2, 0) is 4.79 Å². The summed E-state index contributed by atoms with van der Waals surface area (Å²) in [5, 5.41) is 2.90. The molecule has 1 aromatic carbocycles. The van der Waals surface area contributed by atoms with Crippen molar-refractivity contribution in [2.24, 2.45) is 5.73 Å². The number of ether oxygens (including phenoxy) is 1. The van der Waals surface area contributed by atoms with Crippen LogP contribution < -0.4 is 15.8 Å². The molecule has 4 heteroatoms. The Labute approximate surface area is 121 Å². The van der Waals surface area contributed by atoms with Crippen molar-refractivity contribution in [1.29, 1.82) is 0 Å². The first-order chi connectivity index (χ1) is 9.58. The monoisotopic (exact) mass is 278 g/mol. The van der Waals surface area contributed by atoms with Gasteiger partial charge in [-0.15, -0.1) is 0 Å². The summed E-state index contributed by atoms with van der Waals surface area (Å²) in [6.45, 7) is 4.84. The molecule has 0 aliphatic heterocycles. The Morgan fingerprint density at radius 3 is 2.50 bits per heavy atom. The number of nitrogens with two attached hydrogens (primary N) is 1. The second-order valence-electron chi connectivity index (χ2n) is 5.15. The molecule has 1 aromatic rings. The minimum absolute atomic E-state index is 0.0474. The first-order valence-electron chi connectivity index (χ1n) is 7.25. The van der Waals surface area contributed by atoms with Crippen LogP contribution in [0.15, 0.2) is 24.3 Å². The van der Waals surface area contributed by atoms with Crippen molar-refractivity contribution in [3.8, 4) is 5.75 Å². The van der Waals surface area contributed by atoms with Gasteiger partial charge in [-0.2, -0.15) is 0 Å². The molecular weight excluding hydrogens is 252 g/mol. The number of nitrogens with one attached hydrogen (secondary N) is 1. The predicted octanol–water partition coefficient (Wildman–Crippen LogP) is 2.43. The number of amides is 1. The van der Waals surface area contributed by atoms with Crippen molar-refractivity contribution in [1.82, 2.24) is 5.32 Å². The van der Waals surface area contributed by atoms with E-state index < -0.39 is 0 Å². The summed E-state index contributed by atoms with van der Waals surface area (Å²) in [6, 6.07) is 7.67. The Hall–Kier alpha value is -1.55. The summed E-state index contributed by atoms with van der Waals surface area (Å²) in [6.07, 6.45) is 2.56. The van der Waals surface area contributed by atoms with Crippen molar-refractivity contribution < 1.29 is 9.53 Å². The minimum atomic E-state index is -0.378. The molecule has 20 heavy (non-hydrogen) atoms. The van der Waals surface area contributed by atoms with Gasteiger partial charge in [0, 0.05) is 6.54 Å². The first-order valence-corrected chi connectivity index (χ1v) is 7.25. The van der Waals surface area contributed by atoms with E-state index in [1.165, 1.54) is 5.56 Å². The van der Waals surface area contributed by atoms with Crippen LogP contribution in [0.3, 0.4) is 0 Å². The lowest BCUT2D eigenvalue weighted by atomic mass is 9.98. The SMILES string of the molecule is CCCC(N)C(=O)NCCC(C)c1ccc(OC)cc1. The van der Waals surface area contributed by atoms with Crippen LogP contribution in [0, 0.1) is 0 Å². The normalized spacial score (nSPS) is 13.6. The molecular formula is C16H26N2O2. The van der Waals surface area contributed by atoms with E-state index in [1.54, 1.807) is 7.11 Å². The van der Waals surface area contributed by atoms with Gasteiger partial charge in [0.2, 0.25) is 5.91 Å². The fourth-order valence-corrected chi connectivity index (χ4v) is 2.08. The lowest BCUT2D eigenvalue weighted by Gasteiger charge is -2.15. The fourth-order valence-electron chi connectivity index (χ4n) is 2.08. The molecule has 0 saturated carbocycles. The molecule has 0 bridgehead atoms. The van der Waals surface area contributed by atoms with E-state index >= 15 is 0 Å². The number of rotatable bonds is 8. The Bertz CT molecular complexity index is 403. The zero-order chi connectivity index (χ0) is 15.0. The van der Waals surface area contributed by atoms with Crippen LogP contribution in [0.1, 0.15) is 44.6 Å². The van der Waals surface area contributed by atoms with E-state index in [9.17, 15) is 4.79 Å². The molecule has 0 fully saturated rings. The number of carbonyl (C=O) groups is 1. The standard InChI is InChI=1S/C16H26N2O2/c1-4-5-15(17)16(19)18-11-10-12(2)13-6-8-14(20-3)9-7-13/h6-9,12,15H,4-5,10-11,17H2,1-3H3,(H,18,19). The van der Waals surface area contributed by atoms with Crippen LogP contribution >= 0.6 is 0 Å². The molecule has 0 saturated heterocycles. The highest BCUT2D eigenvalue weighted by molar-refractivity contribution is 5.81. The Morgan fingerprint density at radius 2 is 1.95 bits per heavy atom. The lowest BCUT2D eigenvalue weighted by molar-refractivity contribution is -0.122. The van der Waals surface area contributed by atoms with Crippen LogP contribution in [0.5, 0.6) is 5.75 Å². The average Bonchev–Trinajstić information content (AvgIpc) is 2.47. The van der Waals surface area contributed by atoms with Crippen LogP contribution in [0.4, 0.5) is 0 Å².